The Bertz CT molecular complexity index is 220. The van der Waals surface area contributed by atoms with E-state index in [1.54, 1.807) is 0 Å². The average Bonchev–Trinajstić information content (AvgIpc) is 2.29. The Morgan fingerprint density at radius 3 is 2.12 bits per heavy atom. The van der Waals surface area contributed by atoms with Crippen LogP contribution in [0.1, 0.15) is 67.7 Å². The van der Waals surface area contributed by atoms with Crippen LogP contribution in [0.3, 0.4) is 0 Å². The van der Waals surface area contributed by atoms with Crippen LogP contribution in [0.15, 0.2) is 34.9 Å². The molecule has 0 aromatic rings. The second-order valence-electron chi connectivity index (χ2n) is 3.46. The summed E-state index contributed by atoms with van der Waals surface area (Å²) in [7, 11) is 0. The number of hydrogen-bond donors (Lipinski definition) is 0. The van der Waals surface area contributed by atoms with Crippen LogP contribution in [0.4, 0.5) is 0 Å². The molecule has 0 aromatic carbocycles. The maximum Gasteiger partial charge on any atom is 0.0368 e. The minimum absolute atomic E-state index is 0. The van der Waals surface area contributed by atoms with Gasteiger partial charge in [0.15, 0.2) is 0 Å². The molecule has 0 fully saturated rings. The van der Waals surface area contributed by atoms with E-state index in [0.717, 1.165) is 17.9 Å². The predicted molar refractivity (Wildman–Crippen MR) is 84.7 cm³/mol. The summed E-state index contributed by atoms with van der Waals surface area (Å²) in [6.45, 7) is 10.4. The zero-order chi connectivity index (χ0) is 12.8. The maximum atomic E-state index is 5.84. The van der Waals surface area contributed by atoms with E-state index in [2.05, 4.69) is 39.0 Å². The van der Waals surface area contributed by atoms with Gasteiger partial charge in [0.05, 0.1) is 0 Å². The van der Waals surface area contributed by atoms with Crippen molar-refractivity contribution in [2.24, 2.45) is 0 Å². The highest BCUT2D eigenvalue weighted by molar-refractivity contribution is 6.31. The zero-order valence-corrected chi connectivity index (χ0v) is 12.3. The van der Waals surface area contributed by atoms with Crippen LogP contribution in [-0.4, -0.2) is 0 Å². The van der Waals surface area contributed by atoms with Crippen molar-refractivity contribution in [3.05, 3.63) is 34.9 Å². The lowest BCUT2D eigenvalue weighted by atomic mass is 10.1. The lowest BCUT2D eigenvalue weighted by molar-refractivity contribution is 0.886. The Labute approximate surface area is 114 Å². The van der Waals surface area contributed by atoms with E-state index in [9.17, 15) is 0 Å². The summed E-state index contributed by atoms with van der Waals surface area (Å²) in [5.74, 6) is 0. The second-order valence-corrected chi connectivity index (χ2v) is 3.89. The molecule has 0 amide bonds. The molecule has 17 heavy (non-hydrogen) atoms. The van der Waals surface area contributed by atoms with Crippen molar-refractivity contribution in [1.82, 2.24) is 0 Å². The highest BCUT2D eigenvalue weighted by atomic mass is 35.5. The van der Waals surface area contributed by atoms with E-state index in [4.69, 9.17) is 11.6 Å². The van der Waals surface area contributed by atoms with Crippen LogP contribution in [0, 0.1) is 0 Å². The van der Waals surface area contributed by atoms with Gasteiger partial charge in [-0.25, -0.2) is 0 Å². The molecule has 0 saturated carbocycles. The lowest BCUT2D eigenvalue weighted by Gasteiger charge is -1.97. The van der Waals surface area contributed by atoms with E-state index in [1.165, 1.54) is 18.4 Å². The van der Waals surface area contributed by atoms with Crippen LogP contribution < -0.4 is 0 Å². The predicted octanol–water partition coefficient (Wildman–Crippen LogP) is 6.87. The van der Waals surface area contributed by atoms with E-state index in [1.807, 2.05) is 19.9 Å². The van der Waals surface area contributed by atoms with Gasteiger partial charge in [-0.2, -0.15) is 0 Å². The summed E-state index contributed by atoms with van der Waals surface area (Å²) in [6, 6.07) is 0. The van der Waals surface area contributed by atoms with Gasteiger partial charge in [-0.3, -0.25) is 0 Å². The van der Waals surface area contributed by atoms with Crippen LogP contribution in [0.5, 0.6) is 0 Å². The van der Waals surface area contributed by atoms with Gasteiger partial charge in [0, 0.05) is 5.03 Å². The first kappa shape index (κ1) is 21.8. The van der Waals surface area contributed by atoms with Gasteiger partial charge in [0.25, 0.3) is 0 Å². The Hall–Kier alpha value is -0.490. The molecule has 0 nitrogen and oxygen atoms in total. The molecule has 102 valence electrons. The fraction of sp³-hybridized carbons (Fsp3) is 0.625. The van der Waals surface area contributed by atoms with Crippen LogP contribution in [0.2, 0.25) is 0 Å². The number of unbranched alkanes of at least 4 members (excludes halogenated alkanes) is 1. The van der Waals surface area contributed by atoms with Gasteiger partial charge in [-0.05, 0) is 31.4 Å². The molecule has 0 unspecified atom stereocenters. The highest BCUT2D eigenvalue weighted by Gasteiger charge is 1.90. The van der Waals surface area contributed by atoms with Crippen LogP contribution in [0.25, 0.3) is 0 Å². The van der Waals surface area contributed by atoms with Gasteiger partial charge in [-0.15, -0.1) is 0 Å². The molecule has 0 spiro atoms. The number of halogens is 1. The molecular weight excluding hydrogens is 228 g/mol. The first-order valence-corrected chi connectivity index (χ1v) is 6.79. The molecule has 1 aliphatic carbocycles. The summed E-state index contributed by atoms with van der Waals surface area (Å²) in [5, 5.41) is 0.863. The smallest absolute Gasteiger partial charge is 0.0368 e. The Morgan fingerprint density at radius 2 is 1.65 bits per heavy atom. The monoisotopic (exact) mass is 258 g/mol. The molecule has 0 N–H and O–H groups in total. The van der Waals surface area contributed by atoms with E-state index in [-0.39, 0.29) is 7.43 Å². The van der Waals surface area contributed by atoms with Crippen molar-refractivity contribution < 1.29 is 0 Å². The van der Waals surface area contributed by atoms with Crippen molar-refractivity contribution in [1.29, 1.82) is 0 Å². The van der Waals surface area contributed by atoms with Gasteiger partial charge < -0.3 is 0 Å². The van der Waals surface area contributed by atoms with Crippen molar-refractivity contribution in [3.8, 4) is 0 Å². The van der Waals surface area contributed by atoms with E-state index >= 15 is 0 Å². The summed E-state index contributed by atoms with van der Waals surface area (Å²) in [6.07, 6.45) is 13.1. The third-order valence-corrected chi connectivity index (χ3v) is 2.18. The molecule has 0 aliphatic heterocycles. The molecule has 0 heterocycles. The highest BCUT2D eigenvalue weighted by Crippen LogP contribution is 2.13. The Balaban J connectivity index is -0.000000242. The Kier molecular flexibility index (Phi) is 22.9. The fourth-order valence-electron chi connectivity index (χ4n) is 0.911. The molecule has 0 bridgehead atoms. The van der Waals surface area contributed by atoms with Crippen molar-refractivity contribution >= 4 is 11.6 Å². The SMILES string of the molecule is C.CC.CC1=C/C(Cl)=C/CC/C=C\1.CCCC. The third-order valence-electron chi connectivity index (χ3n) is 1.92. The van der Waals surface area contributed by atoms with Gasteiger partial charge in [-0.1, -0.05) is 77.8 Å². The van der Waals surface area contributed by atoms with E-state index in [0.29, 0.717) is 0 Å². The lowest BCUT2D eigenvalue weighted by Crippen LogP contribution is -1.76. The van der Waals surface area contributed by atoms with Crippen molar-refractivity contribution in [2.45, 2.75) is 67.7 Å². The summed E-state index contributed by atoms with van der Waals surface area (Å²) in [4.78, 5) is 0. The fourth-order valence-corrected chi connectivity index (χ4v) is 1.19. The summed E-state index contributed by atoms with van der Waals surface area (Å²) in [5.41, 5.74) is 1.22. The molecule has 0 atom stereocenters. The molecule has 0 saturated heterocycles. The minimum Gasteiger partial charge on any atom is -0.0847 e. The number of allylic oxidation sites excluding steroid dienone is 6. The zero-order valence-electron chi connectivity index (χ0n) is 11.5. The van der Waals surface area contributed by atoms with Crippen molar-refractivity contribution in [3.63, 3.8) is 0 Å². The largest absolute Gasteiger partial charge is 0.0847 e. The minimum atomic E-state index is 0. The number of rotatable bonds is 1. The Morgan fingerprint density at radius 1 is 1.12 bits per heavy atom. The van der Waals surface area contributed by atoms with Crippen LogP contribution >= 0.6 is 11.6 Å². The average molecular weight is 259 g/mol. The quantitative estimate of drug-likeness (QED) is 0.481. The molecular formula is C16H31Cl. The summed E-state index contributed by atoms with van der Waals surface area (Å²) >= 11 is 5.84. The van der Waals surface area contributed by atoms with Gasteiger partial charge >= 0.3 is 0 Å². The first-order chi connectivity index (χ1) is 7.70. The molecule has 1 rings (SSSR count). The normalized spacial score (nSPS) is 21.3. The maximum absolute atomic E-state index is 5.84. The third kappa shape index (κ3) is 18.1. The van der Waals surface area contributed by atoms with Crippen molar-refractivity contribution in [2.75, 3.05) is 0 Å². The second kappa shape index (κ2) is 17.9. The molecule has 1 heteroatoms. The topological polar surface area (TPSA) is 0 Å². The molecule has 1 aliphatic rings. The first-order valence-electron chi connectivity index (χ1n) is 6.41. The standard InChI is InChI=1S/C9H11Cl.C4H10.C2H6.CH4/c1-8-5-3-2-4-6-9(10)7-8;1-3-4-2;1-2;/h3,5-7H,2,4H2,1H3;3-4H2,1-2H3;1-2H3;1H4/b5-3-,8-7-,9-6-;;;. The molecule has 0 radical (unpaired) electrons. The van der Waals surface area contributed by atoms with Crippen LogP contribution in [-0.2, 0) is 0 Å². The molecule has 0 aromatic heterocycles. The van der Waals surface area contributed by atoms with Gasteiger partial charge in [0.2, 0.25) is 0 Å². The van der Waals surface area contributed by atoms with E-state index < -0.39 is 0 Å². The summed E-state index contributed by atoms with van der Waals surface area (Å²) < 4.78 is 0. The van der Waals surface area contributed by atoms with Gasteiger partial charge in [0.1, 0.15) is 0 Å². The number of hydrogen-bond acceptors (Lipinski definition) is 0.